The van der Waals surface area contributed by atoms with Gasteiger partial charge in [-0.05, 0) is 78.5 Å². The molecule has 0 aliphatic rings. The van der Waals surface area contributed by atoms with E-state index in [-0.39, 0.29) is 6.61 Å². The van der Waals surface area contributed by atoms with E-state index >= 15 is 0 Å². The van der Waals surface area contributed by atoms with Crippen LogP contribution >= 0.6 is 27.5 Å². The van der Waals surface area contributed by atoms with Gasteiger partial charge in [0.1, 0.15) is 11.2 Å². The maximum Gasteiger partial charge on any atom is 0.319 e. The molecule has 0 aliphatic carbocycles. The number of halogens is 2. The summed E-state index contributed by atoms with van der Waals surface area (Å²) in [6.07, 6.45) is 0.768. The lowest BCUT2D eigenvalue weighted by Gasteiger charge is -2.24. The maximum atomic E-state index is 12.5. The number of ketones is 1. The molecule has 2 rings (SSSR count). The molecule has 0 radical (unpaired) electrons. The van der Waals surface area contributed by atoms with Crippen molar-refractivity contribution in [1.82, 2.24) is 0 Å². The number of rotatable bonds is 8. The highest BCUT2D eigenvalue weighted by atomic mass is 79.9. The molecule has 144 valence electrons. The number of benzene rings is 2. The van der Waals surface area contributed by atoms with Crippen LogP contribution in [0.4, 0.5) is 0 Å². The highest BCUT2D eigenvalue weighted by Gasteiger charge is 2.41. The summed E-state index contributed by atoms with van der Waals surface area (Å²) in [5, 5.41) is -0.236. The van der Waals surface area contributed by atoms with E-state index in [9.17, 15) is 9.59 Å². The Morgan fingerprint density at radius 3 is 2.07 bits per heavy atom. The fraction of sp³-hybridized carbons (Fsp3) is 0.333. The zero-order valence-corrected chi connectivity index (χ0v) is 17.8. The minimum atomic E-state index is -1.29. The van der Waals surface area contributed by atoms with Gasteiger partial charge in [-0.1, -0.05) is 35.9 Å². The molecule has 1 atom stereocenters. The van der Waals surface area contributed by atoms with Crippen LogP contribution in [0, 0.1) is 5.41 Å². The number of ether oxygens (including phenoxy) is 2. The Bertz CT molecular complexity index is 785. The van der Waals surface area contributed by atoms with E-state index in [4.69, 9.17) is 21.1 Å². The number of alkyl halides is 1. The van der Waals surface area contributed by atoms with Crippen molar-refractivity contribution >= 4 is 39.3 Å². The van der Waals surface area contributed by atoms with Crippen molar-refractivity contribution < 1.29 is 19.1 Å². The molecule has 2 aromatic carbocycles. The Morgan fingerprint density at radius 2 is 1.56 bits per heavy atom. The fourth-order valence-electron chi connectivity index (χ4n) is 2.39. The van der Waals surface area contributed by atoms with E-state index in [1.54, 1.807) is 19.1 Å². The lowest BCUT2D eigenvalue weighted by molar-refractivity contribution is -0.158. The summed E-state index contributed by atoms with van der Waals surface area (Å²) in [5.74, 6) is -0.433. The zero-order valence-electron chi connectivity index (χ0n) is 15.5. The van der Waals surface area contributed by atoms with Gasteiger partial charge in [0.2, 0.25) is 10.8 Å². The Labute approximate surface area is 172 Å². The average molecular weight is 454 g/mol. The van der Waals surface area contributed by atoms with Crippen LogP contribution in [0.25, 0.3) is 0 Å². The van der Waals surface area contributed by atoms with Gasteiger partial charge in [0.05, 0.1) is 6.61 Å². The molecule has 27 heavy (non-hydrogen) atoms. The lowest BCUT2D eigenvalue weighted by atomic mass is 9.88. The van der Waals surface area contributed by atoms with E-state index in [1.165, 1.54) is 13.8 Å². The second-order valence-electron chi connectivity index (χ2n) is 6.59. The summed E-state index contributed by atoms with van der Waals surface area (Å²) in [6, 6.07) is 15.2. The summed E-state index contributed by atoms with van der Waals surface area (Å²) in [5.41, 5.74) is 0.963. The predicted octanol–water partition coefficient (Wildman–Crippen LogP) is 5.19. The van der Waals surface area contributed by atoms with Crippen LogP contribution in [0.3, 0.4) is 0 Å². The minimum Gasteiger partial charge on any atom is -0.471 e. The number of esters is 1. The maximum absolute atomic E-state index is 12.5. The molecule has 0 saturated heterocycles. The molecule has 0 amide bonds. The first kappa shape index (κ1) is 21.5. The van der Waals surface area contributed by atoms with Gasteiger partial charge in [0.25, 0.3) is 0 Å². The van der Waals surface area contributed by atoms with Crippen molar-refractivity contribution in [3.05, 3.63) is 64.7 Å². The van der Waals surface area contributed by atoms with Crippen LogP contribution in [0.5, 0.6) is 5.75 Å². The van der Waals surface area contributed by atoms with Crippen molar-refractivity contribution in [3.63, 3.8) is 0 Å². The smallest absolute Gasteiger partial charge is 0.319 e. The molecule has 0 N–H and O–H groups in total. The Morgan fingerprint density at radius 1 is 1.04 bits per heavy atom. The van der Waals surface area contributed by atoms with E-state index < -0.39 is 22.2 Å². The number of carbonyl (C=O) groups is 2. The third-order valence-corrected chi connectivity index (χ3v) is 4.95. The summed E-state index contributed by atoms with van der Waals surface area (Å²) in [4.78, 5) is 24.5. The van der Waals surface area contributed by atoms with Crippen molar-refractivity contribution in [2.24, 2.45) is 5.41 Å². The van der Waals surface area contributed by atoms with Crippen molar-refractivity contribution in [2.45, 2.75) is 32.2 Å². The summed E-state index contributed by atoms with van der Waals surface area (Å²) >= 11 is 9.12. The van der Waals surface area contributed by atoms with E-state index in [0.29, 0.717) is 10.8 Å². The van der Waals surface area contributed by atoms with Gasteiger partial charge in [0, 0.05) is 5.02 Å². The third-order valence-electron chi connectivity index (χ3n) is 4.09. The minimum absolute atomic E-state index is 0.221. The molecule has 4 nitrogen and oxygen atoms in total. The van der Waals surface area contributed by atoms with E-state index in [1.807, 2.05) is 36.4 Å². The molecular formula is C21H22BrClO4. The number of Topliss-reactive ketones (excluding diaryl/α,β-unsaturated/α-hetero) is 1. The van der Waals surface area contributed by atoms with Gasteiger partial charge in [-0.3, -0.25) is 9.59 Å². The van der Waals surface area contributed by atoms with Crippen molar-refractivity contribution in [1.29, 1.82) is 0 Å². The second-order valence-corrected chi connectivity index (χ2v) is 7.86. The lowest BCUT2D eigenvalue weighted by Crippen LogP contribution is -2.41. The SMILES string of the molecule is CCOC(=O)C(C)(C)C(=O)C(Br)Oc1ccc(Cc2ccc(Cl)cc2)cc1. The van der Waals surface area contributed by atoms with Crippen LogP contribution in [0.15, 0.2) is 48.5 Å². The van der Waals surface area contributed by atoms with Gasteiger partial charge in [-0.15, -0.1) is 0 Å². The molecule has 0 bridgehead atoms. The molecule has 1 unspecified atom stereocenters. The van der Waals surface area contributed by atoms with Crippen LogP contribution in [-0.2, 0) is 20.7 Å². The van der Waals surface area contributed by atoms with Crippen LogP contribution in [0.1, 0.15) is 31.9 Å². The van der Waals surface area contributed by atoms with Crippen LogP contribution < -0.4 is 4.74 Å². The first-order chi connectivity index (χ1) is 12.7. The normalized spacial score (nSPS) is 12.3. The molecule has 6 heteroatoms. The predicted molar refractivity (Wildman–Crippen MR) is 109 cm³/mol. The second kappa shape index (κ2) is 9.38. The summed E-state index contributed by atoms with van der Waals surface area (Å²) in [6.45, 7) is 4.98. The average Bonchev–Trinajstić information content (AvgIpc) is 2.64. The first-order valence-electron chi connectivity index (χ1n) is 8.59. The van der Waals surface area contributed by atoms with Crippen molar-refractivity contribution in [3.8, 4) is 5.75 Å². The number of hydrogen-bond donors (Lipinski definition) is 0. The van der Waals surface area contributed by atoms with Crippen molar-refractivity contribution in [2.75, 3.05) is 6.61 Å². The first-order valence-corrected chi connectivity index (χ1v) is 9.89. The van der Waals surface area contributed by atoms with Gasteiger partial charge in [-0.25, -0.2) is 0 Å². The van der Waals surface area contributed by atoms with E-state index in [2.05, 4.69) is 15.9 Å². The Kier molecular flexibility index (Phi) is 7.45. The Hall–Kier alpha value is -1.85. The molecule has 0 aliphatic heterocycles. The standard InChI is InChI=1S/C21H22BrClO4/c1-4-26-20(25)21(2,3)18(24)19(22)27-17-11-7-15(8-12-17)13-14-5-9-16(23)10-6-14/h5-12,19H,4,13H2,1-3H3. The van der Waals surface area contributed by atoms with Crippen LogP contribution in [0.2, 0.25) is 5.02 Å². The number of hydrogen-bond acceptors (Lipinski definition) is 4. The van der Waals surface area contributed by atoms with Gasteiger partial charge in [0.15, 0.2) is 0 Å². The molecule has 0 saturated carbocycles. The van der Waals surface area contributed by atoms with Gasteiger partial charge in [-0.2, -0.15) is 0 Å². The summed E-state index contributed by atoms with van der Waals surface area (Å²) in [7, 11) is 0. The largest absolute Gasteiger partial charge is 0.471 e. The molecule has 0 heterocycles. The monoisotopic (exact) mass is 452 g/mol. The molecule has 0 fully saturated rings. The summed E-state index contributed by atoms with van der Waals surface area (Å²) < 4.78 is 10.6. The Balaban J connectivity index is 1.99. The highest BCUT2D eigenvalue weighted by molar-refractivity contribution is 9.09. The molecule has 2 aromatic rings. The van der Waals surface area contributed by atoms with E-state index in [0.717, 1.165) is 17.5 Å². The molecule has 0 aromatic heterocycles. The quantitative estimate of drug-likeness (QED) is 0.314. The third kappa shape index (κ3) is 5.81. The number of carbonyl (C=O) groups excluding carboxylic acids is 2. The molecular weight excluding hydrogens is 432 g/mol. The van der Waals surface area contributed by atoms with Gasteiger partial charge < -0.3 is 9.47 Å². The zero-order chi connectivity index (χ0) is 20.0. The molecule has 0 spiro atoms. The topological polar surface area (TPSA) is 52.6 Å². The van der Waals surface area contributed by atoms with Gasteiger partial charge >= 0.3 is 5.97 Å². The van der Waals surface area contributed by atoms with Crippen LogP contribution in [-0.4, -0.2) is 23.4 Å². The fourth-order valence-corrected chi connectivity index (χ4v) is 3.31. The highest BCUT2D eigenvalue weighted by Crippen LogP contribution is 2.26.